The molecule has 1 aliphatic heterocycles. The van der Waals surface area contributed by atoms with Gasteiger partial charge in [0.15, 0.2) is 0 Å². The molecule has 4 heteroatoms. The minimum absolute atomic E-state index is 0.896. The second-order valence-electron chi connectivity index (χ2n) is 5.95. The van der Waals surface area contributed by atoms with Gasteiger partial charge in [-0.15, -0.1) is 12.6 Å². The van der Waals surface area contributed by atoms with Crippen LogP contribution in [-0.2, 0) is 0 Å². The average molecular weight is 342 g/mol. The van der Waals surface area contributed by atoms with Gasteiger partial charge in [0.2, 0.25) is 0 Å². The Bertz CT molecular complexity index is 632. The van der Waals surface area contributed by atoms with E-state index in [1.807, 2.05) is 30.5 Å². The number of hydrogen-bond donors (Lipinski definition) is 3. The SMILES string of the molecule is C=C(CCCCCNC(=C)c1ccccc1S)NC1=CCCN=C1. The van der Waals surface area contributed by atoms with Crippen molar-refractivity contribution in [3.63, 3.8) is 0 Å². The largest absolute Gasteiger partial charge is 0.385 e. The van der Waals surface area contributed by atoms with Gasteiger partial charge in [-0.2, -0.15) is 0 Å². The third kappa shape index (κ3) is 6.28. The molecule has 0 aromatic heterocycles. The Morgan fingerprint density at radius 2 is 2.00 bits per heavy atom. The van der Waals surface area contributed by atoms with Crippen LogP contribution in [0, 0.1) is 0 Å². The van der Waals surface area contributed by atoms with Crippen molar-refractivity contribution in [1.82, 2.24) is 10.6 Å². The molecule has 0 radical (unpaired) electrons. The highest BCUT2D eigenvalue weighted by Gasteiger charge is 2.02. The van der Waals surface area contributed by atoms with E-state index in [1.54, 1.807) is 0 Å². The Morgan fingerprint density at radius 1 is 1.17 bits per heavy atom. The van der Waals surface area contributed by atoms with Gasteiger partial charge in [-0.05, 0) is 31.7 Å². The molecule has 0 bridgehead atoms. The quantitative estimate of drug-likeness (QED) is 0.431. The lowest BCUT2D eigenvalue weighted by molar-refractivity contribution is 0.647. The first kappa shape index (κ1) is 18.4. The summed E-state index contributed by atoms with van der Waals surface area (Å²) in [5.74, 6) is 0. The highest BCUT2D eigenvalue weighted by molar-refractivity contribution is 7.80. The van der Waals surface area contributed by atoms with Crippen LogP contribution in [-0.4, -0.2) is 19.3 Å². The third-order valence-corrected chi connectivity index (χ3v) is 4.29. The van der Waals surface area contributed by atoms with E-state index in [4.69, 9.17) is 0 Å². The average Bonchev–Trinajstić information content (AvgIpc) is 2.59. The smallest absolute Gasteiger partial charge is 0.0523 e. The van der Waals surface area contributed by atoms with Gasteiger partial charge < -0.3 is 10.6 Å². The molecule has 1 aliphatic rings. The maximum Gasteiger partial charge on any atom is 0.0523 e. The van der Waals surface area contributed by atoms with Gasteiger partial charge in [0.25, 0.3) is 0 Å². The molecule has 0 atom stereocenters. The van der Waals surface area contributed by atoms with Gasteiger partial charge in [0, 0.05) is 41.2 Å². The summed E-state index contributed by atoms with van der Waals surface area (Å²) >= 11 is 4.46. The molecular formula is C20H27N3S. The fraction of sp³-hybridized carbons (Fsp3) is 0.350. The zero-order valence-electron chi connectivity index (χ0n) is 14.2. The molecule has 128 valence electrons. The van der Waals surface area contributed by atoms with E-state index in [-0.39, 0.29) is 0 Å². The summed E-state index contributed by atoms with van der Waals surface area (Å²) in [6.45, 7) is 10.0. The monoisotopic (exact) mass is 341 g/mol. The van der Waals surface area contributed by atoms with E-state index >= 15 is 0 Å². The van der Waals surface area contributed by atoms with E-state index in [2.05, 4.69) is 47.5 Å². The third-order valence-electron chi connectivity index (χ3n) is 3.90. The van der Waals surface area contributed by atoms with Crippen molar-refractivity contribution in [1.29, 1.82) is 0 Å². The Labute approximate surface area is 151 Å². The van der Waals surface area contributed by atoms with E-state index < -0.39 is 0 Å². The lowest BCUT2D eigenvalue weighted by Gasteiger charge is -2.13. The fourth-order valence-electron chi connectivity index (χ4n) is 2.56. The van der Waals surface area contributed by atoms with Gasteiger partial charge in [-0.1, -0.05) is 43.9 Å². The van der Waals surface area contributed by atoms with Crippen LogP contribution >= 0.6 is 12.6 Å². The molecule has 0 saturated carbocycles. The molecule has 0 aliphatic carbocycles. The molecule has 0 saturated heterocycles. The van der Waals surface area contributed by atoms with Crippen LogP contribution in [0.3, 0.4) is 0 Å². The highest BCUT2D eigenvalue weighted by atomic mass is 32.1. The summed E-state index contributed by atoms with van der Waals surface area (Å²) in [6, 6.07) is 8.01. The van der Waals surface area contributed by atoms with Crippen molar-refractivity contribution >= 4 is 24.5 Å². The first-order chi connectivity index (χ1) is 11.7. The minimum Gasteiger partial charge on any atom is -0.385 e. The molecule has 0 fully saturated rings. The van der Waals surface area contributed by atoms with Crippen molar-refractivity contribution in [3.8, 4) is 0 Å². The normalized spacial score (nSPS) is 13.3. The van der Waals surface area contributed by atoms with E-state index in [0.29, 0.717) is 0 Å². The fourth-order valence-corrected chi connectivity index (χ4v) is 2.86. The number of hydrogen-bond acceptors (Lipinski definition) is 4. The number of benzene rings is 1. The Kier molecular flexibility index (Phi) is 7.69. The van der Waals surface area contributed by atoms with Gasteiger partial charge >= 0.3 is 0 Å². The molecule has 3 nitrogen and oxygen atoms in total. The maximum atomic E-state index is 4.46. The van der Waals surface area contributed by atoms with Gasteiger partial charge in [0.05, 0.1) is 5.70 Å². The standard InChI is InChI=1S/C20H27N3S/c1-16(23-18-10-8-13-21-15-18)9-4-3-7-14-22-17(2)19-11-5-6-12-20(19)24/h5-6,10-12,15,22-24H,1-4,7-9,13-14H2. The summed E-state index contributed by atoms with van der Waals surface area (Å²) in [4.78, 5) is 5.22. The van der Waals surface area contributed by atoms with E-state index in [1.165, 1.54) is 0 Å². The van der Waals surface area contributed by atoms with Crippen LogP contribution in [0.25, 0.3) is 5.70 Å². The number of aliphatic imine (C=N–C) groups is 1. The van der Waals surface area contributed by atoms with Crippen molar-refractivity contribution in [2.45, 2.75) is 37.0 Å². The summed E-state index contributed by atoms with van der Waals surface area (Å²) < 4.78 is 0. The number of thiol groups is 1. The number of unbranched alkanes of at least 4 members (excludes halogenated alkanes) is 2. The predicted molar refractivity (Wildman–Crippen MR) is 108 cm³/mol. The molecule has 1 aromatic rings. The summed E-state index contributed by atoms with van der Waals surface area (Å²) in [7, 11) is 0. The zero-order valence-corrected chi connectivity index (χ0v) is 15.1. The zero-order chi connectivity index (χ0) is 17.2. The van der Waals surface area contributed by atoms with Gasteiger partial charge in [-0.3, -0.25) is 4.99 Å². The van der Waals surface area contributed by atoms with Crippen LogP contribution in [0.5, 0.6) is 0 Å². The van der Waals surface area contributed by atoms with Gasteiger partial charge in [0.1, 0.15) is 0 Å². The van der Waals surface area contributed by atoms with Crippen LogP contribution < -0.4 is 10.6 Å². The molecule has 0 spiro atoms. The molecule has 1 aromatic carbocycles. The van der Waals surface area contributed by atoms with Crippen LogP contribution in [0.15, 0.2) is 64.8 Å². The highest BCUT2D eigenvalue weighted by Crippen LogP contribution is 2.18. The summed E-state index contributed by atoms with van der Waals surface area (Å²) in [5.41, 5.74) is 4.15. The van der Waals surface area contributed by atoms with Crippen molar-refractivity contribution in [3.05, 3.63) is 60.5 Å². The Hall–Kier alpha value is -1.94. The predicted octanol–water partition coefficient (Wildman–Crippen LogP) is 4.56. The maximum absolute atomic E-state index is 4.46. The van der Waals surface area contributed by atoms with Crippen molar-refractivity contribution < 1.29 is 0 Å². The second-order valence-corrected chi connectivity index (χ2v) is 6.43. The number of allylic oxidation sites excluding steroid dienone is 2. The Morgan fingerprint density at radius 3 is 2.75 bits per heavy atom. The molecule has 1 heterocycles. The molecule has 24 heavy (non-hydrogen) atoms. The molecule has 0 amide bonds. The van der Waals surface area contributed by atoms with Crippen molar-refractivity contribution in [2.24, 2.45) is 4.99 Å². The first-order valence-electron chi connectivity index (χ1n) is 8.53. The van der Waals surface area contributed by atoms with E-state index in [9.17, 15) is 0 Å². The molecular weight excluding hydrogens is 314 g/mol. The number of dihydropyridines is 1. The molecule has 2 rings (SSSR count). The van der Waals surface area contributed by atoms with Crippen LogP contribution in [0.4, 0.5) is 0 Å². The van der Waals surface area contributed by atoms with Crippen LogP contribution in [0.2, 0.25) is 0 Å². The number of nitrogens with one attached hydrogen (secondary N) is 2. The van der Waals surface area contributed by atoms with E-state index in [0.717, 1.165) is 72.7 Å². The molecule has 0 unspecified atom stereocenters. The minimum atomic E-state index is 0.896. The lowest BCUT2D eigenvalue weighted by atomic mass is 10.1. The topological polar surface area (TPSA) is 36.4 Å². The van der Waals surface area contributed by atoms with Gasteiger partial charge in [-0.25, -0.2) is 0 Å². The van der Waals surface area contributed by atoms with Crippen LogP contribution in [0.1, 0.15) is 37.7 Å². The van der Waals surface area contributed by atoms with Crippen molar-refractivity contribution in [2.75, 3.05) is 13.1 Å². The Balaban J connectivity index is 1.56. The lowest BCUT2D eigenvalue weighted by Crippen LogP contribution is -2.15. The molecule has 2 N–H and O–H groups in total. The number of rotatable bonds is 10. The first-order valence-corrected chi connectivity index (χ1v) is 8.97. The number of nitrogens with zero attached hydrogens (tertiary/aromatic N) is 1. The second kappa shape index (κ2) is 10.0. The summed E-state index contributed by atoms with van der Waals surface area (Å²) in [6.07, 6.45) is 9.48. The summed E-state index contributed by atoms with van der Waals surface area (Å²) in [5, 5.41) is 6.72.